The SMILES string of the molecule is Cc1c(C)c(C)c(C)c(C)c1C.Cc1cc(C)c(C)cc1C.Cc1cc(C)c2ccccc2c1.Cc1ccc(C)c2ccccc12.Cc1ccc(C)o1.Cc1ccc(C)s1.Cc1ccc2cc(C)ccc2c1.Cc1cccc2c(C)cccc12. The summed E-state index contributed by atoms with van der Waals surface area (Å²) in [7, 11) is 0. The lowest BCUT2D eigenvalue weighted by molar-refractivity contribution is 0.504. The van der Waals surface area contributed by atoms with E-state index in [1.807, 2.05) is 37.3 Å². The molecule has 0 N–H and O–H groups in total. The first-order valence-electron chi connectivity index (χ1n) is 29.7. The van der Waals surface area contributed by atoms with E-state index in [-0.39, 0.29) is 0 Å². The molecule has 0 saturated carbocycles. The zero-order chi connectivity index (χ0) is 61.9. The van der Waals surface area contributed by atoms with Crippen LogP contribution in [0.3, 0.4) is 0 Å². The Morgan fingerprint density at radius 3 is 0.869 bits per heavy atom. The fourth-order valence-electron chi connectivity index (χ4n) is 10.3. The second-order valence-corrected chi connectivity index (χ2v) is 24.7. The molecule has 2 aromatic heterocycles. The molecule has 0 amide bonds. The van der Waals surface area contributed by atoms with E-state index in [0.29, 0.717) is 0 Å². The van der Waals surface area contributed by atoms with Crippen LogP contribution in [0.25, 0.3) is 43.1 Å². The van der Waals surface area contributed by atoms with Crippen molar-refractivity contribution < 1.29 is 4.42 Å². The third-order valence-corrected chi connectivity index (χ3v) is 17.2. The largest absolute Gasteiger partial charge is 0.467 e. The van der Waals surface area contributed by atoms with E-state index >= 15 is 0 Å². The van der Waals surface area contributed by atoms with E-state index in [4.69, 9.17) is 4.42 Å². The first-order valence-corrected chi connectivity index (χ1v) is 30.5. The quantitative estimate of drug-likeness (QED) is 0.147. The number of thiophene rings is 1. The predicted octanol–water partition coefficient (Wildman–Crippen LogP) is 24.5. The first-order chi connectivity index (χ1) is 39.7. The zero-order valence-electron chi connectivity index (χ0n) is 55.1. The molecule has 0 spiro atoms. The summed E-state index contributed by atoms with van der Waals surface area (Å²) in [6, 6.07) is 64.5. The number of aryl methyl sites for hydroxylation is 16. The molecule has 12 aromatic rings. The Bertz CT molecular complexity index is 3710. The lowest BCUT2D eigenvalue weighted by Crippen LogP contribution is -1.98. The van der Waals surface area contributed by atoms with E-state index in [1.165, 1.54) is 153 Å². The van der Waals surface area contributed by atoms with Crippen LogP contribution in [-0.4, -0.2) is 0 Å². The van der Waals surface area contributed by atoms with Gasteiger partial charge in [0.1, 0.15) is 11.5 Å². The van der Waals surface area contributed by atoms with Crippen molar-refractivity contribution in [3.05, 3.63) is 303 Å². The van der Waals surface area contributed by atoms with Crippen molar-refractivity contribution in [2.75, 3.05) is 0 Å². The van der Waals surface area contributed by atoms with Gasteiger partial charge in [0.25, 0.3) is 0 Å². The fourth-order valence-corrected chi connectivity index (χ4v) is 11.1. The lowest BCUT2D eigenvalue weighted by Gasteiger charge is -2.15. The van der Waals surface area contributed by atoms with Gasteiger partial charge in [0.2, 0.25) is 0 Å². The highest BCUT2D eigenvalue weighted by Gasteiger charge is 2.08. The van der Waals surface area contributed by atoms with Crippen LogP contribution in [0.1, 0.15) is 121 Å². The van der Waals surface area contributed by atoms with Gasteiger partial charge in [0.15, 0.2) is 0 Å². The van der Waals surface area contributed by atoms with Crippen molar-refractivity contribution >= 4 is 54.4 Å². The molecule has 84 heavy (non-hydrogen) atoms. The molecule has 10 aromatic carbocycles. The van der Waals surface area contributed by atoms with E-state index in [2.05, 4.69) is 308 Å². The van der Waals surface area contributed by atoms with Gasteiger partial charge in [-0.15, -0.1) is 11.3 Å². The molecule has 0 bridgehead atoms. The van der Waals surface area contributed by atoms with Crippen molar-refractivity contribution in [3.8, 4) is 0 Å². The highest BCUT2D eigenvalue weighted by molar-refractivity contribution is 7.11. The summed E-state index contributed by atoms with van der Waals surface area (Å²) < 4.78 is 5.08. The third kappa shape index (κ3) is 19.4. The Labute approximate surface area is 511 Å². The minimum atomic E-state index is 0.984. The van der Waals surface area contributed by atoms with Gasteiger partial charge >= 0.3 is 0 Å². The molecule has 0 aliphatic heterocycles. The summed E-state index contributed by atoms with van der Waals surface area (Å²) in [5.74, 6) is 1.97. The Balaban J connectivity index is 0.000000177. The summed E-state index contributed by atoms with van der Waals surface area (Å²) in [6.45, 7) is 47.2. The van der Waals surface area contributed by atoms with Crippen LogP contribution in [0, 0.1) is 152 Å². The van der Waals surface area contributed by atoms with E-state index in [1.54, 1.807) is 0 Å². The minimum absolute atomic E-state index is 0.984. The Hall–Kier alpha value is -7.78. The monoisotopic (exact) mass is 1130 g/mol. The number of benzene rings is 10. The van der Waals surface area contributed by atoms with Crippen LogP contribution in [0.5, 0.6) is 0 Å². The first kappa shape index (κ1) is 67.0. The maximum atomic E-state index is 5.08. The van der Waals surface area contributed by atoms with E-state index < -0.39 is 0 Å². The number of rotatable bonds is 0. The summed E-state index contributed by atoms with van der Waals surface area (Å²) in [6.07, 6.45) is 0. The molecular weight excluding hydrogens is 1030 g/mol. The Kier molecular flexibility index (Phi) is 25.3. The summed E-state index contributed by atoms with van der Waals surface area (Å²) in [4.78, 5) is 2.80. The van der Waals surface area contributed by atoms with Crippen LogP contribution < -0.4 is 0 Å². The topological polar surface area (TPSA) is 13.1 Å². The highest BCUT2D eigenvalue weighted by Crippen LogP contribution is 2.26. The highest BCUT2D eigenvalue weighted by atomic mass is 32.1. The van der Waals surface area contributed by atoms with Gasteiger partial charge in [0.05, 0.1) is 0 Å². The summed E-state index contributed by atoms with van der Waals surface area (Å²) in [5.41, 5.74) is 25.1. The van der Waals surface area contributed by atoms with Gasteiger partial charge in [-0.1, -0.05) is 174 Å². The smallest absolute Gasteiger partial charge is 0.101 e. The zero-order valence-corrected chi connectivity index (χ0v) is 56.0. The van der Waals surface area contributed by atoms with Crippen molar-refractivity contribution in [3.63, 3.8) is 0 Å². The number of hydrogen-bond donors (Lipinski definition) is 0. The molecule has 2 heterocycles. The average Bonchev–Trinajstić information content (AvgIpc) is 4.20. The molecule has 436 valence electrons. The second-order valence-electron chi connectivity index (χ2n) is 23.2. The number of furan rings is 1. The molecule has 0 radical (unpaired) electrons. The van der Waals surface area contributed by atoms with Crippen LogP contribution in [0.2, 0.25) is 0 Å². The third-order valence-electron chi connectivity index (χ3n) is 16.3. The van der Waals surface area contributed by atoms with Gasteiger partial charge < -0.3 is 4.42 Å². The second kappa shape index (κ2) is 31.8. The summed E-state index contributed by atoms with van der Waals surface area (Å²) in [5, 5.41) is 10.9. The van der Waals surface area contributed by atoms with Crippen molar-refractivity contribution in [2.24, 2.45) is 0 Å². The number of hydrogen-bond acceptors (Lipinski definition) is 2. The fraction of sp³-hybridized carbons (Fsp3) is 0.268. The maximum Gasteiger partial charge on any atom is 0.101 e. The lowest BCUT2D eigenvalue weighted by atomic mass is 9.90. The molecule has 0 aliphatic rings. The van der Waals surface area contributed by atoms with Gasteiger partial charge in [-0.3, -0.25) is 0 Å². The van der Waals surface area contributed by atoms with E-state index in [9.17, 15) is 0 Å². The Morgan fingerprint density at radius 2 is 0.536 bits per heavy atom. The summed E-state index contributed by atoms with van der Waals surface area (Å²) >= 11 is 1.84. The molecule has 0 unspecified atom stereocenters. The average molecular weight is 1130 g/mol. The maximum absolute atomic E-state index is 5.08. The van der Waals surface area contributed by atoms with E-state index in [0.717, 1.165) is 11.5 Å². The molecule has 12 rings (SSSR count). The minimum Gasteiger partial charge on any atom is -0.467 e. The van der Waals surface area contributed by atoms with Gasteiger partial charge in [-0.2, -0.15) is 0 Å². The molecule has 1 nitrogen and oxygen atoms in total. The van der Waals surface area contributed by atoms with Crippen LogP contribution in [0.15, 0.2) is 186 Å². The molecule has 2 heteroatoms. The van der Waals surface area contributed by atoms with Crippen LogP contribution in [-0.2, 0) is 0 Å². The molecular formula is C82H96OS. The van der Waals surface area contributed by atoms with Gasteiger partial charge in [-0.05, 0) is 303 Å². The standard InChI is InChI=1S/4C12H12.C12H18.C10H14.C6H8O.C6H8S/c1-9-3-5-12-8-10(2)4-6-11(12)7-9;1-9-5-3-8-12-10(2)6-4-7-11(9)12;1-9-7-10(2)12-6-4-3-5-11(12)8-9;1-9-7-8-10(2)12-6-4-3-5-11(9)12;1-7-8(2)10(4)12(6)11(5)9(7)3;1-7-5-9(3)10(4)6-8(7)2;2*1-5-3-4-6(2)7-5/h4*3-8H,1-2H3;1-6H3;5-6H,1-4H3;2*3-4H,1-2H3. The molecule has 0 atom stereocenters. The van der Waals surface area contributed by atoms with Gasteiger partial charge in [-0.25, -0.2) is 0 Å². The molecule has 0 saturated heterocycles. The van der Waals surface area contributed by atoms with Crippen molar-refractivity contribution in [2.45, 2.75) is 152 Å². The van der Waals surface area contributed by atoms with Crippen molar-refractivity contribution in [1.82, 2.24) is 0 Å². The predicted molar refractivity (Wildman–Crippen MR) is 376 cm³/mol. The molecule has 0 fully saturated rings. The normalized spacial score (nSPS) is 10.3. The van der Waals surface area contributed by atoms with Crippen molar-refractivity contribution in [1.29, 1.82) is 0 Å². The van der Waals surface area contributed by atoms with Crippen LogP contribution >= 0.6 is 11.3 Å². The molecule has 0 aliphatic carbocycles. The van der Waals surface area contributed by atoms with Gasteiger partial charge in [0, 0.05) is 9.75 Å². The van der Waals surface area contributed by atoms with Crippen LogP contribution in [0.4, 0.5) is 0 Å². The Morgan fingerprint density at radius 1 is 0.214 bits per heavy atom. The number of fused-ring (bicyclic) bond motifs is 4.